The largest absolute Gasteiger partial charge is 0.478 e. The maximum Gasteiger partial charge on any atom is 0.328 e. The molecule has 5 nitrogen and oxygen atoms in total. The molecule has 0 fully saturated rings. The van der Waals surface area contributed by atoms with Crippen LogP contribution < -0.4 is 5.73 Å². The molecule has 6 heteroatoms. The maximum atomic E-state index is 10.5. The third kappa shape index (κ3) is 6.78. The summed E-state index contributed by atoms with van der Waals surface area (Å²) in [4.78, 5) is 20.6. The smallest absolute Gasteiger partial charge is 0.328 e. The zero-order valence-electron chi connectivity index (χ0n) is 12.1. The lowest BCUT2D eigenvalue weighted by molar-refractivity contribution is -0.131. The van der Waals surface area contributed by atoms with Crippen LogP contribution in [0, 0.1) is 0 Å². The van der Waals surface area contributed by atoms with Crippen LogP contribution in [0.15, 0.2) is 60.7 Å². The molecule has 0 spiro atoms. The van der Waals surface area contributed by atoms with Crippen LogP contribution in [0.25, 0.3) is 6.08 Å². The van der Waals surface area contributed by atoms with Gasteiger partial charge in [0.15, 0.2) is 6.10 Å². The van der Waals surface area contributed by atoms with Gasteiger partial charge in [-0.15, -0.1) is 0 Å². The number of carbonyl (C=O) groups excluding carboxylic acids is 1. The molecule has 2 rings (SSSR count). The first-order valence-electron chi connectivity index (χ1n) is 6.59. The number of carbonyl (C=O) groups is 2. The van der Waals surface area contributed by atoms with Gasteiger partial charge in [-0.1, -0.05) is 60.1 Å². The van der Waals surface area contributed by atoms with Crippen molar-refractivity contribution < 1.29 is 19.8 Å². The van der Waals surface area contributed by atoms with Crippen LogP contribution in [0.5, 0.6) is 0 Å². The number of aliphatic hydroxyl groups is 1. The van der Waals surface area contributed by atoms with E-state index in [1.54, 1.807) is 54.6 Å². The monoisotopic (exact) mass is 333 g/mol. The van der Waals surface area contributed by atoms with Gasteiger partial charge in [-0.25, -0.2) is 4.79 Å². The highest BCUT2D eigenvalue weighted by atomic mass is 35.5. The first-order chi connectivity index (χ1) is 10.9. The van der Waals surface area contributed by atoms with Crippen molar-refractivity contribution in [3.63, 3.8) is 0 Å². The molecule has 0 heterocycles. The van der Waals surface area contributed by atoms with Crippen LogP contribution in [0.3, 0.4) is 0 Å². The molecule has 0 aliphatic carbocycles. The third-order valence-corrected chi connectivity index (χ3v) is 3.04. The van der Waals surface area contributed by atoms with Crippen LogP contribution in [0.1, 0.15) is 17.2 Å². The molecule has 0 aliphatic rings. The number of carboxylic acid groups (broad SMARTS) is 1. The summed E-state index contributed by atoms with van der Waals surface area (Å²) < 4.78 is 0. The predicted octanol–water partition coefficient (Wildman–Crippen LogP) is 2.64. The number of primary amides is 1. The highest BCUT2D eigenvalue weighted by Crippen LogP contribution is 2.15. The number of rotatable bonds is 4. The van der Waals surface area contributed by atoms with Crippen molar-refractivity contribution in [3.05, 3.63) is 76.8 Å². The molecule has 1 unspecified atom stereocenters. The summed E-state index contributed by atoms with van der Waals surface area (Å²) in [6.45, 7) is 0. The Labute approximate surface area is 138 Å². The zero-order valence-corrected chi connectivity index (χ0v) is 12.9. The van der Waals surface area contributed by atoms with E-state index in [1.165, 1.54) is 6.08 Å². The minimum Gasteiger partial charge on any atom is -0.478 e. The summed E-state index contributed by atoms with van der Waals surface area (Å²) >= 11 is 5.76. The van der Waals surface area contributed by atoms with E-state index >= 15 is 0 Å². The number of aliphatic carboxylic acids is 1. The van der Waals surface area contributed by atoms with Crippen molar-refractivity contribution in [2.24, 2.45) is 5.73 Å². The predicted molar refractivity (Wildman–Crippen MR) is 88.7 cm³/mol. The molecule has 23 heavy (non-hydrogen) atoms. The minimum atomic E-state index is -1.18. The lowest BCUT2D eigenvalue weighted by atomic mass is 10.1. The second-order valence-electron chi connectivity index (χ2n) is 4.41. The number of hydrogen-bond donors (Lipinski definition) is 3. The Morgan fingerprint density at radius 2 is 1.61 bits per heavy atom. The fourth-order valence-corrected chi connectivity index (χ4v) is 1.77. The lowest BCUT2D eigenvalue weighted by Crippen LogP contribution is -2.20. The van der Waals surface area contributed by atoms with E-state index in [4.69, 9.17) is 27.5 Å². The van der Waals surface area contributed by atoms with Crippen LogP contribution in [0.2, 0.25) is 5.02 Å². The number of aliphatic hydroxyl groups excluding tert-OH is 1. The van der Waals surface area contributed by atoms with Crippen molar-refractivity contribution in [1.82, 2.24) is 0 Å². The van der Waals surface area contributed by atoms with Gasteiger partial charge in [0, 0.05) is 11.1 Å². The summed E-state index contributed by atoms with van der Waals surface area (Å²) in [5, 5.41) is 18.0. The van der Waals surface area contributed by atoms with Crippen molar-refractivity contribution in [2.45, 2.75) is 6.10 Å². The summed E-state index contributed by atoms with van der Waals surface area (Å²) in [7, 11) is 0. The molecule has 0 aromatic heterocycles. The topological polar surface area (TPSA) is 101 Å². The average molecular weight is 334 g/mol. The molecule has 0 saturated carbocycles. The number of carboxylic acids is 1. The van der Waals surface area contributed by atoms with Gasteiger partial charge < -0.3 is 15.9 Å². The SMILES string of the molecule is NC(=O)C(O)c1ccccc1.O=C(O)/C=C/c1ccccc1Cl. The Balaban J connectivity index is 0.000000231. The van der Waals surface area contributed by atoms with Gasteiger partial charge in [-0.05, 0) is 23.3 Å². The highest BCUT2D eigenvalue weighted by molar-refractivity contribution is 6.32. The second kappa shape index (κ2) is 9.40. The maximum absolute atomic E-state index is 10.5. The summed E-state index contributed by atoms with van der Waals surface area (Å²) in [6, 6.07) is 15.6. The number of amides is 1. The fourth-order valence-electron chi connectivity index (χ4n) is 1.57. The molecule has 0 saturated heterocycles. The van der Waals surface area contributed by atoms with Crippen LogP contribution in [-0.2, 0) is 9.59 Å². The normalized spacial score (nSPS) is 11.4. The number of nitrogens with two attached hydrogens (primary N) is 1. The quantitative estimate of drug-likeness (QED) is 0.749. The van der Waals surface area contributed by atoms with Crippen LogP contribution in [-0.4, -0.2) is 22.1 Å². The van der Waals surface area contributed by atoms with Crippen molar-refractivity contribution in [2.75, 3.05) is 0 Å². The minimum absolute atomic E-state index is 0.528. The number of halogens is 1. The number of benzene rings is 2. The molecule has 0 bridgehead atoms. The van der Waals surface area contributed by atoms with Crippen molar-refractivity contribution in [1.29, 1.82) is 0 Å². The highest BCUT2D eigenvalue weighted by Gasteiger charge is 2.11. The summed E-state index contributed by atoms with van der Waals surface area (Å²) in [5.74, 6) is -1.70. The molecule has 1 amide bonds. The van der Waals surface area contributed by atoms with Gasteiger partial charge in [0.05, 0.1) is 0 Å². The van der Waals surface area contributed by atoms with E-state index in [0.29, 0.717) is 16.1 Å². The lowest BCUT2D eigenvalue weighted by Gasteiger charge is -2.04. The van der Waals surface area contributed by atoms with E-state index in [0.717, 1.165) is 6.08 Å². The van der Waals surface area contributed by atoms with E-state index in [-0.39, 0.29) is 0 Å². The average Bonchev–Trinajstić information content (AvgIpc) is 2.54. The Bertz CT molecular complexity index is 686. The molecule has 4 N–H and O–H groups in total. The second-order valence-corrected chi connectivity index (χ2v) is 4.82. The Morgan fingerprint density at radius 1 is 1.04 bits per heavy atom. The van der Waals surface area contributed by atoms with Gasteiger partial charge in [-0.3, -0.25) is 4.79 Å². The first-order valence-corrected chi connectivity index (χ1v) is 6.97. The van der Waals surface area contributed by atoms with Crippen LogP contribution in [0.4, 0.5) is 0 Å². The van der Waals surface area contributed by atoms with E-state index < -0.39 is 18.0 Å². The van der Waals surface area contributed by atoms with Crippen LogP contribution >= 0.6 is 11.6 Å². The Kier molecular flexibility index (Phi) is 7.53. The molecule has 120 valence electrons. The first kappa shape index (κ1) is 18.4. The van der Waals surface area contributed by atoms with E-state index in [9.17, 15) is 9.59 Å². The van der Waals surface area contributed by atoms with E-state index in [1.807, 2.05) is 0 Å². The molecular weight excluding hydrogens is 318 g/mol. The van der Waals surface area contributed by atoms with Gasteiger partial charge in [0.1, 0.15) is 0 Å². The van der Waals surface area contributed by atoms with E-state index in [2.05, 4.69) is 0 Å². The van der Waals surface area contributed by atoms with Gasteiger partial charge in [0.25, 0.3) is 5.91 Å². The third-order valence-electron chi connectivity index (χ3n) is 2.70. The molecule has 0 aliphatic heterocycles. The molecule has 1 atom stereocenters. The summed E-state index contributed by atoms with van der Waals surface area (Å²) in [5.41, 5.74) is 6.12. The summed E-state index contributed by atoms with van der Waals surface area (Å²) in [6.07, 6.45) is 1.34. The van der Waals surface area contributed by atoms with Crippen molar-refractivity contribution >= 4 is 29.6 Å². The zero-order chi connectivity index (χ0) is 17.2. The molecular formula is C17H16ClNO4. The van der Waals surface area contributed by atoms with Gasteiger partial charge >= 0.3 is 5.97 Å². The molecule has 2 aromatic carbocycles. The standard InChI is InChI=1S/C9H7ClO2.C8H9NO2/c10-8-4-2-1-3-7(8)5-6-9(11)12;9-8(11)7(10)6-4-2-1-3-5-6/h1-6H,(H,11,12);1-5,7,10H,(H2,9,11)/b6-5+;. The Hall–Kier alpha value is -2.63. The van der Waals surface area contributed by atoms with Crippen molar-refractivity contribution in [3.8, 4) is 0 Å². The fraction of sp³-hybridized carbons (Fsp3) is 0.0588. The Morgan fingerprint density at radius 3 is 2.13 bits per heavy atom. The number of hydrogen-bond acceptors (Lipinski definition) is 3. The molecule has 2 aromatic rings. The van der Waals surface area contributed by atoms with Gasteiger partial charge in [-0.2, -0.15) is 0 Å². The molecule has 0 radical (unpaired) electrons. The van der Waals surface area contributed by atoms with Gasteiger partial charge in [0.2, 0.25) is 0 Å².